The zero-order valence-corrected chi connectivity index (χ0v) is 22.0. The van der Waals surface area contributed by atoms with Gasteiger partial charge < -0.3 is 18.9 Å². The van der Waals surface area contributed by atoms with E-state index in [4.69, 9.17) is 18.9 Å². The van der Waals surface area contributed by atoms with Crippen LogP contribution in [0.15, 0.2) is 12.2 Å². The van der Waals surface area contributed by atoms with Crippen molar-refractivity contribution in [3.8, 4) is 0 Å². The Morgan fingerprint density at radius 1 is 0.970 bits per heavy atom. The first-order valence-electron chi connectivity index (χ1n) is 14.1. The zero-order valence-electron chi connectivity index (χ0n) is 22.0. The summed E-state index contributed by atoms with van der Waals surface area (Å²) in [4.78, 5) is 0. The molecule has 4 aliphatic rings. The second-order valence-electron chi connectivity index (χ2n) is 12.5. The molecule has 4 heteroatoms. The minimum Gasteiger partial charge on any atom is -0.353 e. The summed E-state index contributed by atoms with van der Waals surface area (Å²) in [5.74, 6) is 1.47. The van der Waals surface area contributed by atoms with E-state index in [1.165, 1.54) is 57.8 Å². The van der Waals surface area contributed by atoms with E-state index >= 15 is 0 Å². The van der Waals surface area contributed by atoms with Crippen LogP contribution in [0, 0.1) is 23.2 Å². The third-order valence-corrected chi connectivity index (χ3v) is 8.53. The number of allylic oxidation sites excluding steroid dienone is 1. The Bertz CT molecular complexity index is 628. The molecule has 0 aromatic rings. The van der Waals surface area contributed by atoms with Gasteiger partial charge in [0.15, 0.2) is 12.1 Å². The highest BCUT2D eigenvalue weighted by Gasteiger charge is 2.52. The largest absolute Gasteiger partial charge is 0.353 e. The lowest BCUT2D eigenvalue weighted by molar-refractivity contribution is -0.195. The smallest absolute Gasteiger partial charge is 0.163 e. The van der Waals surface area contributed by atoms with Crippen molar-refractivity contribution in [1.82, 2.24) is 0 Å². The lowest BCUT2D eigenvalue weighted by Crippen LogP contribution is -2.33. The van der Waals surface area contributed by atoms with Gasteiger partial charge in [0.05, 0.1) is 18.3 Å². The average molecular weight is 463 g/mol. The van der Waals surface area contributed by atoms with Crippen LogP contribution in [0.2, 0.25) is 0 Å². The number of hydrogen-bond donors (Lipinski definition) is 0. The first-order chi connectivity index (χ1) is 15.7. The van der Waals surface area contributed by atoms with Crippen LogP contribution in [-0.2, 0) is 18.9 Å². The molecule has 2 saturated heterocycles. The second kappa shape index (κ2) is 11.1. The maximum Gasteiger partial charge on any atom is 0.163 e. The lowest BCUT2D eigenvalue weighted by atomic mass is 9.74. The van der Waals surface area contributed by atoms with Gasteiger partial charge in [-0.1, -0.05) is 52.2 Å². The first-order valence-corrected chi connectivity index (χ1v) is 14.1. The van der Waals surface area contributed by atoms with Gasteiger partial charge in [-0.2, -0.15) is 0 Å². The Morgan fingerprint density at radius 3 is 2.42 bits per heavy atom. The molecule has 0 bridgehead atoms. The van der Waals surface area contributed by atoms with Gasteiger partial charge in [-0.25, -0.2) is 0 Å². The maximum atomic E-state index is 6.43. The van der Waals surface area contributed by atoms with E-state index in [2.05, 4.69) is 46.8 Å². The SMILES string of the molecule is CC(C)CCCC[C@@H]1C[C@H](/C=C\C2(C)CCC(OC3CCCCO3)CC2)[C@H]2OC(C)(C)O[C@@H]12. The number of hydrogen-bond acceptors (Lipinski definition) is 4. The fraction of sp³-hybridized carbons (Fsp3) is 0.931. The van der Waals surface area contributed by atoms with E-state index in [1.807, 2.05) is 0 Å². The van der Waals surface area contributed by atoms with Crippen molar-refractivity contribution < 1.29 is 18.9 Å². The maximum absolute atomic E-state index is 6.43. The van der Waals surface area contributed by atoms with Crippen LogP contribution in [0.4, 0.5) is 0 Å². The summed E-state index contributed by atoms with van der Waals surface area (Å²) >= 11 is 0. The zero-order chi connectivity index (χ0) is 23.5. The number of unbranched alkanes of at least 4 members (excludes halogenated alkanes) is 1. The molecule has 0 amide bonds. The Labute approximate surface area is 203 Å². The number of ether oxygens (including phenoxy) is 4. The molecular formula is C29H50O4. The summed E-state index contributed by atoms with van der Waals surface area (Å²) < 4.78 is 24.9. The van der Waals surface area contributed by atoms with Crippen molar-refractivity contribution in [2.75, 3.05) is 6.61 Å². The van der Waals surface area contributed by atoms with Crippen LogP contribution in [0.5, 0.6) is 0 Å². The molecule has 2 saturated carbocycles. The number of rotatable bonds is 9. The highest BCUT2D eigenvalue weighted by molar-refractivity contribution is 5.09. The molecular weight excluding hydrogens is 412 g/mol. The quantitative estimate of drug-likeness (QED) is 0.264. The monoisotopic (exact) mass is 462 g/mol. The van der Waals surface area contributed by atoms with Gasteiger partial charge in [-0.15, -0.1) is 0 Å². The molecule has 33 heavy (non-hydrogen) atoms. The molecule has 0 aromatic carbocycles. The summed E-state index contributed by atoms with van der Waals surface area (Å²) in [7, 11) is 0. The van der Waals surface area contributed by atoms with Gasteiger partial charge in [0.1, 0.15) is 0 Å². The van der Waals surface area contributed by atoms with Crippen molar-refractivity contribution in [3.63, 3.8) is 0 Å². The molecule has 4 nitrogen and oxygen atoms in total. The summed E-state index contributed by atoms with van der Waals surface area (Å²) in [6.45, 7) is 12.1. The molecule has 0 aromatic heterocycles. The summed E-state index contributed by atoms with van der Waals surface area (Å²) in [5, 5.41) is 0. The van der Waals surface area contributed by atoms with E-state index in [-0.39, 0.29) is 23.9 Å². The molecule has 1 unspecified atom stereocenters. The van der Waals surface area contributed by atoms with Gasteiger partial charge in [-0.3, -0.25) is 0 Å². The fourth-order valence-corrected chi connectivity index (χ4v) is 6.50. The fourth-order valence-electron chi connectivity index (χ4n) is 6.50. The standard InChI is InChI=1S/C29H50O4/c1-21(2)10-6-7-11-22-20-23(27-26(22)32-28(3,4)33-27)13-16-29(5)17-14-24(15-18-29)31-25-12-8-9-19-30-25/h13,16,21-27H,6-12,14-15,17-20H2,1-5H3/b16-13-/t22-,23+,24?,25?,26+,27-,29?/m1/s1. The van der Waals surface area contributed by atoms with E-state index < -0.39 is 5.79 Å². The van der Waals surface area contributed by atoms with Crippen molar-refractivity contribution in [2.45, 2.75) is 142 Å². The molecule has 0 radical (unpaired) electrons. The molecule has 2 aliphatic carbocycles. The van der Waals surface area contributed by atoms with E-state index in [0.717, 1.165) is 31.8 Å². The molecule has 4 rings (SSSR count). The Morgan fingerprint density at radius 2 is 1.73 bits per heavy atom. The van der Waals surface area contributed by atoms with E-state index in [0.29, 0.717) is 17.9 Å². The molecule has 0 N–H and O–H groups in total. The van der Waals surface area contributed by atoms with E-state index in [1.54, 1.807) is 0 Å². The van der Waals surface area contributed by atoms with Crippen LogP contribution in [0.1, 0.15) is 112 Å². The minimum atomic E-state index is -0.446. The van der Waals surface area contributed by atoms with E-state index in [9.17, 15) is 0 Å². The highest BCUT2D eigenvalue weighted by Crippen LogP contribution is 2.48. The predicted octanol–water partition coefficient (Wildman–Crippen LogP) is 7.41. The summed E-state index contributed by atoms with van der Waals surface area (Å²) in [6, 6.07) is 0. The van der Waals surface area contributed by atoms with Crippen LogP contribution in [0.3, 0.4) is 0 Å². The Hall–Kier alpha value is -0.420. The van der Waals surface area contributed by atoms with Crippen LogP contribution in [0.25, 0.3) is 0 Å². The van der Waals surface area contributed by atoms with Gasteiger partial charge in [0, 0.05) is 12.5 Å². The van der Waals surface area contributed by atoms with Gasteiger partial charge in [0.25, 0.3) is 0 Å². The first kappa shape index (κ1) is 25.7. The Kier molecular flexibility index (Phi) is 8.63. The topological polar surface area (TPSA) is 36.9 Å². The van der Waals surface area contributed by atoms with Crippen molar-refractivity contribution >= 4 is 0 Å². The van der Waals surface area contributed by atoms with Crippen molar-refractivity contribution in [2.24, 2.45) is 23.2 Å². The molecule has 2 aliphatic heterocycles. The van der Waals surface area contributed by atoms with Crippen molar-refractivity contribution in [3.05, 3.63) is 12.2 Å². The predicted molar refractivity (Wildman–Crippen MR) is 133 cm³/mol. The summed E-state index contributed by atoms with van der Waals surface area (Å²) in [6.07, 6.45) is 20.6. The van der Waals surface area contributed by atoms with Gasteiger partial charge in [0.2, 0.25) is 0 Å². The molecule has 4 fully saturated rings. The average Bonchev–Trinajstić information content (AvgIpc) is 3.25. The molecule has 5 atom stereocenters. The van der Waals surface area contributed by atoms with Gasteiger partial charge in [-0.05, 0) is 88.9 Å². The highest BCUT2D eigenvalue weighted by atomic mass is 16.8. The minimum absolute atomic E-state index is 0.0411. The third-order valence-electron chi connectivity index (χ3n) is 8.53. The van der Waals surface area contributed by atoms with Crippen LogP contribution in [-0.4, -0.2) is 37.0 Å². The second-order valence-corrected chi connectivity index (χ2v) is 12.5. The molecule has 2 heterocycles. The summed E-state index contributed by atoms with van der Waals surface area (Å²) in [5.41, 5.74) is 0.271. The molecule has 0 spiro atoms. The lowest BCUT2D eigenvalue weighted by Gasteiger charge is -2.37. The molecule has 190 valence electrons. The number of fused-ring (bicyclic) bond motifs is 1. The van der Waals surface area contributed by atoms with Crippen LogP contribution < -0.4 is 0 Å². The van der Waals surface area contributed by atoms with Crippen LogP contribution >= 0.6 is 0 Å². The third kappa shape index (κ3) is 7.06. The van der Waals surface area contributed by atoms with Gasteiger partial charge >= 0.3 is 0 Å². The normalized spacial score (nSPS) is 41.2. The van der Waals surface area contributed by atoms with Crippen molar-refractivity contribution in [1.29, 1.82) is 0 Å². The Balaban J connectivity index is 1.29.